The topological polar surface area (TPSA) is 92.3 Å². The van der Waals surface area contributed by atoms with Gasteiger partial charge in [-0.15, -0.1) is 0 Å². The zero-order valence-corrected chi connectivity index (χ0v) is 13.8. The van der Waals surface area contributed by atoms with Crippen molar-refractivity contribution < 1.29 is 14.6 Å². The zero-order valence-electron chi connectivity index (χ0n) is 13.8. The van der Waals surface area contributed by atoms with E-state index in [1.54, 1.807) is 25.1 Å². The van der Waals surface area contributed by atoms with Gasteiger partial charge in [-0.3, -0.25) is 14.2 Å². The second-order valence-corrected chi connectivity index (χ2v) is 5.39. The third-order valence-electron chi connectivity index (χ3n) is 3.75. The highest BCUT2D eigenvalue weighted by atomic mass is 16.5. The van der Waals surface area contributed by atoms with Crippen molar-refractivity contribution in [1.82, 2.24) is 4.57 Å². The molecule has 0 fully saturated rings. The van der Waals surface area contributed by atoms with Gasteiger partial charge in [-0.2, -0.15) is 5.26 Å². The normalized spacial score (nSPS) is 10.2. The van der Waals surface area contributed by atoms with Crippen LogP contribution in [0.3, 0.4) is 0 Å². The molecule has 2 aromatic rings. The lowest BCUT2D eigenvalue weighted by atomic mass is 10.0. The number of nitriles is 1. The Morgan fingerprint density at radius 2 is 2.08 bits per heavy atom. The summed E-state index contributed by atoms with van der Waals surface area (Å²) in [5, 5.41) is 19.4. The van der Waals surface area contributed by atoms with Crippen LogP contribution in [0.5, 0.6) is 11.6 Å². The van der Waals surface area contributed by atoms with Crippen molar-refractivity contribution in [3.05, 3.63) is 56.9 Å². The largest absolute Gasteiger partial charge is 0.494 e. The Labute approximate surface area is 139 Å². The van der Waals surface area contributed by atoms with Crippen molar-refractivity contribution >= 4 is 5.78 Å². The number of aromatic hydroxyl groups is 1. The molecule has 1 aromatic carbocycles. The number of aryl methyl sites for hydroxylation is 1. The molecule has 2 rings (SSSR count). The van der Waals surface area contributed by atoms with Crippen LogP contribution in [-0.4, -0.2) is 22.1 Å². The Kier molecular flexibility index (Phi) is 5.05. The number of Topliss-reactive ketones (excluding diaryl/α,β-unsaturated/α-hetero) is 1. The number of ether oxygens (including phenoxy) is 1. The lowest BCUT2D eigenvalue weighted by Crippen LogP contribution is -2.27. The molecule has 0 spiro atoms. The molecule has 6 heteroatoms. The van der Waals surface area contributed by atoms with Crippen LogP contribution >= 0.6 is 0 Å². The van der Waals surface area contributed by atoms with Gasteiger partial charge < -0.3 is 9.84 Å². The van der Waals surface area contributed by atoms with E-state index in [-0.39, 0.29) is 29.8 Å². The van der Waals surface area contributed by atoms with Gasteiger partial charge in [0.15, 0.2) is 6.61 Å². The van der Waals surface area contributed by atoms with Gasteiger partial charge in [0, 0.05) is 6.54 Å². The van der Waals surface area contributed by atoms with Crippen molar-refractivity contribution in [3.8, 4) is 17.7 Å². The van der Waals surface area contributed by atoms with Crippen molar-refractivity contribution in [2.75, 3.05) is 6.61 Å². The molecule has 6 nitrogen and oxygen atoms in total. The van der Waals surface area contributed by atoms with Crippen molar-refractivity contribution in [2.45, 2.75) is 27.3 Å². The standard InChI is InChI=1S/C18H18N2O4/c1-4-20-17(22)14(9-19)12(3)16(18(20)23)15(21)10-24-13-7-5-6-11(2)8-13/h5-8,23H,4,10H2,1-3H3. The first-order valence-corrected chi connectivity index (χ1v) is 7.49. The van der Waals surface area contributed by atoms with Crippen LogP contribution in [0.1, 0.15) is 34.0 Å². The Morgan fingerprint density at radius 3 is 2.67 bits per heavy atom. The molecule has 0 amide bonds. The maximum atomic E-state index is 12.5. The molecule has 24 heavy (non-hydrogen) atoms. The predicted octanol–water partition coefficient (Wildman–Crippen LogP) is 2.32. The highest BCUT2D eigenvalue weighted by Gasteiger charge is 2.23. The van der Waals surface area contributed by atoms with Crippen LogP contribution in [0.15, 0.2) is 29.1 Å². The summed E-state index contributed by atoms with van der Waals surface area (Å²) in [5.41, 5.74) is 0.355. The molecule has 0 aliphatic carbocycles. The molecule has 1 heterocycles. The first-order chi connectivity index (χ1) is 11.4. The van der Waals surface area contributed by atoms with E-state index in [0.29, 0.717) is 5.75 Å². The smallest absolute Gasteiger partial charge is 0.271 e. The van der Waals surface area contributed by atoms with Crippen LogP contribution < -0.4 is 10.3 Å². The molecule has 0 saturated heterocycles. The van der Waals surface area contributed by atoms with E-state index in [1.807, 2.05) is 19.1 Å². The first-order valence-electron chi connectivity index (χ1n) is 7.49. The number of aromatic nitrogens is 1. The van der Waals surface area contributed by atoms with Gasteiger partial charge in [0.05, 0.1) is 5.56 Å². The Hall–Kier alpha value is -3.07. The Balaban J connectivity index is 2.39. The molecular weight excluding hydrogens is 308 g/mol. The maximum Gasteiger partial charge on any atom is 0.271 e. The SMILES string of the molecule is CCn1c(O)c(C(=O)COc2cccc(C)c2)c(C)c(C#N)c1=O. The van der Waals surface area contributed by atoms with E-state index in [1.165, 1.54) is 6.92 Å². The second-order valence-electron chi connectivity index (χ2n) is 5.39. The van der Waals surface area contributed by atoms with Crippen LogP contribution in [-0.2, 0) is 6.54 Å². The van der Waals surface area contributed by atoms with E-state index in [0.717, 1.165) is 10.1 Å². The molecule has 0 atom stereocenters. The average molecular weight is 326 g/mol. The lowest BCUT2D eigenvalue weighted by Gasteiger charge is -2.14. The fraction of sp³-hybridized carbons (Fsp3) is 0.278. The molecule has 124 valence electrons. The minimum absolute atomic E-state index is 0.0550. The number of benzene rings is 1. The summed E-state index contributed by atoms with van der Waals surface area (Å²) < 4.78 is 6.46. The number of carbonyl (C=O) groups is 1. The van der Waals surface area contributed by atoms with Gasteiger partial charge in [0.2, 0.25) is 11.7 Å². The summed E-state index contributed by atoms with van der Waals surface area (Å²) in [7, 11) is 0. The average Bonchev–Trinajstić information content (AvgIpc) is 2.54. The van der Waals surface area contributed by atoms with Gasteiger partial charge in [-0.05, 0) is 44.0 Å². The van der Waals surface area contributed by atoms with Crippen molar-refractivity contribution in [3.63, 3.8) is 0 Å². The molecule has 1 N–H and O–H groups in total. The summed E-state index contributed by atoms with van der Waals surface area (Å²) in [6.07, 6.45) is 0. The maximum absolute atomic E-state index is 12.5. The Morgan fingerprint density at radius 1 is 1.38 bits per heavy atom. The summed E-state index contributed by atoms with van der Waals surface area (Å²) in [4.78, 5) is 24.6. The fourth-order valence-electron chi connectivity index (χ4n) is 2.50. The molecular formula is C18H18N2O4. The highest BCUT2D eigenvalue weighted by molar-refractivity contribution is 6.01. The lowest BCUT2D eigenvalue weighted by molar-refractivity contribution is 0.0916. The zero-order chi connectivity index (χ0) is 17.9. The molecule has 0 radical (unpaired) electrons. The van der Waals surface area contributed by atoms with Gasteiger partial charge in [-0.25, -0.2) is 0 Å². The second kappa shape index (κ2) is 7.01. The predicted molar refractivity (Wildman–Crippen MR) is 88.5 cm³/mol. The van der Waals surface area contributed by atoms with E-state index in [2.05, 4.69) is 0 Å². The molecule has 0 aliphatic heterocycles. The number of hydrogen-bond acceptors (Lipinski definition) is 5. The number of carbonyl (C=O) groups excluding carboxylic acids is 1. The van der Waals surface area contributed by atoms with Crippen LogP contribution in [0.2, 0.25) is 0 Å². The van der Waals surface area contributed by atoms with Gasteiger partial charge in [0.25, 0.3) is 5.56 Å². The van der Waals surface area contributed by atoms with Gasteiger partial charge >= 0.3 is 0 Å². The molecule has 1 aromatic heterocycles. The number of ketones is 1. The summed E-state index contributed by atoms with van der Waals surface area (Å²) in [6.45, 7) is 4.87. The third kappa shape index (κ3) is 3.15. The molecule has 0 saturated carbocycles. The van der Waals surface area contributed by atoms with Crippen LogP contribution in [0.4, 0.5) is 0 Å². The molecule has 0 aliphatic rings. The number of hydrogen-bond donors (Lipinski definition) is 1. The van der Waals surface area contributed by atoms with Crippen LogP contribution in [0, 0.1) is 25.2 Å². The number of rotatable bonds is 5. The summed E-state index contributed by atoms with van der Waals surface area (Å²) in [6, 6.07) is 9.02. The number of pyridine rings is 1. The van der Waals surface area contributed by atoms with Gasteiger partial charge in [-0.1, -0.05) is 12.1 Å². The third-order valence-corrected chi connectivity index (χ3v) is 3.75. The van der Waals surface area contributed by atoms with E-state index >= 15 is 0 Å². The fourth-order valence-corrected chi connectivity index (χ4v) is 2.50. The summed E-state index contributed by atoms with van der Waals surface area (Å²) in [5.74, 6) is -0.396. The van der Waals surface area contributed by atoms with E-state index in [4.69, 9.17) is 10.00 Å². The minimum Gasteiger partial charge on any atom is -0.494 e. The minimum atomic E-state index is -0.605. The highest BCUT2D eigenvalue weighted by Crippen LogP contribution is 2.23. The number of nitrogens with zero attached hydrogens (tertiary/aromatic N) is 2. The first kappa shape index (κ1) is 17.3. The molecule has 0 bridgehead atoms. The summed E-state index contributed by atoms with van der Waals surface area (Å²) >= 11 is 0. The Bertz CT molecular complexity index is 891. The monoisotopic (exact) mass is 326 g/mol. The quantitative estimate of drug-likeness (QED) is 0.851. The van der Waals surface area contributed by atoms with Crippen LogP contribution in [0.25, 0.3) is 0 Å². The van der Waals surface area contributed by atoms with E-state index < -0.39 is 17.2 Å². The molecule has 0 unspecified atom stereocenters. The van der Waals surface area contributed by atoms with Crippen molar-refractivity contribution in [1.29, 1.82) is 5.26 Å². The van der Waals surface area contributed by atoms with Gasteiger partial charge in [0.1, 0.15) is 17.4 Å². The van der Waals surface area contributed by atoms with Crippen molar-refractivity contribution in [2.24, 2.45) is 0 Å². The van der Waals surface area contributed by atoms with E-state index in [9.17, 15) is 14.7 Å².